The van der Waals surface area contributed by atoms with Crippen molar-refractivity contribution in [3.8, 4) is 0 Å². The van der Waals surface area contributed by atoms with Crippen LogP contribution >= 0.6 is 0 Å². The number of rotatable bonds is 10. The van der Waals surface area contributed by atoms with Crippen LogP contribution in [0, 0.1) is 0 Å². The molecule has 3 nitrogen and oxygen atoms in total. The molecule has 0 saturated carbocycles. The normalized spacial score (nSPS) is 12.8. The van der Waals surface area contributed by atoms with Crippen LogP contribution in [0.25, 0.3) is 0 Å². The third-order valence-electron chi connectivity index (χ3n) is 3.36. The lowest BCUT2D eigenvalue weighted by atomic mass is 9.99. The molecule has 20 heavy (non-hydrogen) atoms. The predicted octanol–water partition coefficient (Wildman–Crippen LogP) is 3.51. The van der Waals surface area contributed by atoms with Crippen molar-refractivity contribution in [2.75, 3.05) is 33.5 Å². The Morgan fingerprint density at radius 3 is 2.25 bits per heavy atom. The molecule has 1 atom stereocenters. The van der Waals surface area contributed by atoms with Crippen LogP contribution in [-0.2, 0) is 9.47 Å². The van der Waals surface area contributed by atoms with E-state index >= 15 is 0 Å². The summed E-state index contributed by atoms with van der Waals surface area (Å²) in [6.45, 7) is 9.59. The van der Waals surface area contributed by atoms with E-state index in [4.69, 9.17) is 9.47 Å². The van der Waals surface area contributed by atoms with Gasteiger partial charge in [0.25, 0.3) is 0 Å². The third-order valence-corrected chi connectivity index (χ3v) is 3.36. The molecular weight excluding hydrogens is 250 g/mol. The van der Waals surface area contributed by atoms with Gasteiger partial charge in [-0.1, -0.05) is 45.0 Å². The van der Waals surface area contributed by atoms with E-state index in [1.165, 1.54) is 11.1 Å². The number of hydrogen-bond acceptors (Lipinski definition) is 3. The van der Waals surface area contributed by atoms with E-state index in [0.717, 1.165) is 13.0 Å². The number of ether oxygens (including phenoxy) is 2. The van der Waals surface area contributed by atoms with E-state index in [-0.39, 0.29) is 6.04 Å². The van der Waals surface area contributed by atoms with Crippen LogP contribution in [0.3, 0.4) is 0 Å². The van der Waals surface area contributed by atoms with E-state index in [1.807, 2.05) is 0 Å². The van der Waals surface area contributed by atoms with Gasteiger partial charge < -0.3 is 14.8 Å². The molecule has 0 aliphatic carbocycles. The van der Waals surface area contributed by atoms with E-state index < -0.39 is 0 Å². The molecular formula is C17H29NO2. The maximum absolute atomic E-state index is 5.68. The molecule has 0 aliphatic heterocycles. The van der Waals surface area contributed by atoms with Crippen molar-refractivity contribution < 1.29 is 9.47 Å². The van der Waals surface area contributed by atoms with Crippen LogP contribution in [0.4, 0.5) is 0 Å². The number of methoxy groups -OCH3 is 1. The molecule has 0 heterocycles. The standard InChI is InChI=1S/C17H29NO2/c1-5-10-18-17(13-20-12-11-19-4)16-8-6-15(7-9-16)14(2)3/h6-9,14,17-18H,5,10-13H2,1-4H3. The molecule has 0 amide bonds. The molecule has 1 aromatic carbocycles. The molecule has 1 N–H and O–H groups in total. The van der Waals surface area contributed by atoms with Crippen LogP contribution in [0.1, 0.15) is 50.3 Å². The number of benzene rings is 1. The SMILES string of the molecule is CCCNC(COCCOC)c1ccc(C(C)C)cc1. The summed E-state index contributed by atoms with van der Waals surface area (Å²) in [6.07, 6.45) is 1.12. The zero-order chi connectivity index (χ0) is 14.8. The Labute approximate surface area is 123 Å². The largest absolute Gasteiger partial charge is 0.382 e. The summed E-state index contributed by atoms with van der Waals surface area (Å²) in [5, 5.41) is 3.55. The van der Waals surface area contributed by atoms with Gasteiger partial charge in [0.2, 0.25) is 0 Å². The van der Waals surface area contributed by atoms with Crippen molar-refractivity contribution in [3.05, 3.63) is 35.4 Å². The first-order chi connectivity index (χ1) is 9.69. The monoisotopic (exact) mass is 279 g/mol. The molecule has 0 spiro atoms. The maximum Gasteiger partial charge on any atom is 0.0701 e. The Hall–Kier alpha value is -0.900. The van der Waals surface area contributed by atoms with Crippen LogP contribution in [-0.4, -0.2) is 33.5 Å². The quantitative estimate of drug-likeness (QED) is 0.665. The first kappa shape index (κ1) is 17.2. The minimum atomic E-state index is 0.257. The average Bonchev–Trinajstić information content (AvgIpc) is 2.47. The van der Waals surface area contributed by atoms with Gasteiger partial charge in [-0.05, 0) is 30.0 Å². The van der Waals surface area contributed by atoms with Crippen LogP contribution < -0.4 is 5.32 Å². The predicted molar refractivity (Wildman–Crippen MR) is 84.3 cm³/mol. The molecule has 1 rings (SSSR count). The molecule has 0 fully saturated rings. The van der Waals surface area contributed by atoms with Crippen molar-refractivity contribution in [1.82, 2.24) is 5.32 Å². The van der Waals surface area contributed by atoms with Crippen molar-refractivity contribution in [3.63, 3.8) is 0 Å². The Balaban J connectivity index is 2.60. The highest BCUT2D eigenvalue weighted by atomic mass is 16.5. The molecule has 0 aliphatic rings. The second kappa shape index (κ2) is 9.92. The maximum atomic E-state index is 5.68. The molecule has 3 heteroatoms. The zero-order valence-corrected chi connectivity index (χ0v) is 13.3. The van der Waals surface area contributed by atoms with Gasteiger partial charge in [0.1, 0.15) is 0 Å². The molecule has 0 bridgehead atoms. The second-order valence-corrected chi connectivity index (χ2v) is 5.40. The fraction of sp³-hybridized carbons (Fsp3) is 0.647. The van der Waals surface area contributed by atoms with Gasteiger partial charge >= 0.3 is 0 Å². The molecule has 0 saturated heterocycles. The Kier molecular flexibility index (Phi) is 8.51. The highest BCUT2D eigenvalue weighted by Crippen LogP contribution is 2.19. The highest BCUT2D eigenvalue weighted by Gasteiger charge is 2.11. The van der Waals surface area contributed by atoms with E-state index in [2.05, 4.69) is 50.4 Å². The van der Waals surface area contributed by atoms with Gasteiger partial charge in [-0.2, -0.15) is 0 Å². The molecule has 1 unspecified atom stereocenters. The van der Waals surface area contributed by atoms with Gasteiger partial charge in [-0.25, -0.2) is 0 Å². The third kappa shape index (κ3) is 6.04. The minimum absolute atomic E-state index is 0.257. The summed E-state index contributed by atoms with van der Waals surface area (Å²) in [5.74, 6) is 0.573. The van der Waals surface area contributed by atoms with Crippen molar-refractivity contribution in [1.29, 1.82) is 0 Å². The van der Waals surface area contributed by atoms with Gasteiger partial charge in [0.15, 0.2) is 0 Å². The summed E-state index contributed by atoms with van der Waals surface area (Å²) in [5.41, 5.74) is 2.67. The second-order valence-electron chi connectivity index (χ2n) is 5.40. The molecule has 1 aromatic rings. The summed E-state index contributed by atoms with van der Waals surface area (Å²) in [4.78, 5) is 0. The Morgan fingerprint density at radius 1 is 1.05 bits per heavy atom. The first-order valence-corrected chi connectivity index (χ1v) is 7.59. The van der Waals surface area contributed by atoms with Gasteiger partial charge in [-0.3, -0.25) is 0 Å². The van der Waals surface area contributed by atoms with Crippen molar-refractivity contribution in [2.45, 2.75) is 39.2 Å². The fourth-order valence-electron chi connectivity index (χ4n) is 2.05. The van der Waals surface area contributed by atoms with Crippen molar-refractivity contribution >= 4 is 0 Å². The van der Waals surface area contributed by atoms with E-state index in [0.29, 0.717) is 25.7 Å². The number of hydrogen-bond donors (Lipinski definition) is 1. The van der Waals surface area contributed by atoms with Crippen LogP contribution in [0.15, 0.2) is 24.3 Å². The lowest BCUT2D eigenvalue weighted by molar-refractivity contribution is 0.0586. The van der Waals surface area contributed by atoms with Crippen molar-refractivity contribution in [2.24, 2.45) is 0 Å². The summed E-state index contributed by atoms with van der Waals surface area (Å²) < 4.78 is 10.7. The smallest absolute Gasteiger partial charge is 0.0701 e. The molecule has 0 aromatic heterocycles. The molecule has 114 valence electrons. The fourth-order valence-corrected chi connectivity index (χ4v) is 2.05. The lowest BCUT2D eigenvalue weighted by Gasteiger charge is -2.20. The summed E-state index contributed by atoms with van der Waals surface area (Å²) in [6, 6.07) is 9.11. The topological polar surface area (TPSA) is 30.5 Å². The molecule has 0 radical (unpaired) electrons. The zero-order valence-electron chi connectivity index (χ0n) is 13.3. The van der Waals surface area contributed by atoms with Gasteiger partial charge in [0.05, 0.1) is 25.9 Å². The lowest BCUT2D eigenvalue weighted by Crippen LogP contribution is -2.27. The summed E-state index contributed by atoms with van der Waals surface area (Å²) >= 11 is 0. The average molecular weight is 279 g/mol. The van der Waals surface area contributed by atoms with E-state index in [9.17, 15) is 0 Å². The highest BCUT2D eigenvalue weighted by molar-refractivity contribution is 5.27. The van der Waals surface area contributed by atoms with Crippen LogP contribution in [0.5, 0.6) is 0 Å². The van der Waals surface area contributed by atoms with Gasteiger partial charge in [0, 0.05) is 7.11 Å². The van der Waals surface area contributed by atoms with E-state index in [1.54, 1.807) is 7.11 Å². The van der Waals surface area contributed by atoms with Gasteiger partial charge in [-0.15, -0.1) is 0 Å². The number of nitrogens with one attached hydrogen (secondary N) is 1. The summed E-state index contributed by atoms with van der Waals surface area (Å²) in [7, 11) is 1.70. The Bertz CT molecular complexity index is 349. The Morgan fingerprint density at radius 2 is 1.70 bits per heavy atom. The first-order valence-electron chi connectivity index (χ1n) is 7.59. The minimum Gasteiger partial charge on any atom is -0.382 e. The van der Waals surface area contributed by atoms with Crippen LogP contribution in [0.2, 0.25) is 0 Å².